The van der Waals surface area contributed by atoms with Crippen molar-refractivity contribution >= 4 is 10.9 Å². The Balaban J connectivity index is 1.87. The molecule has 0 aliphatic heterocycles. The van der Waals surface area contributed by atoms with E-state index in [1.165, 1.54) is 0 Å². The van der Waals surface area contributed by atoms with Crippen molar-refractivity contribution < 1.29 is 4.42 Å². The number of para-hydroxylation sites is 1. The Kier molecular flexibility index (Phi) is 3.43. The first-order valence-corrected chi connectivity index (χ1v) is 6.64. The zero-order valence-corrected chi connectivity index (χ0v) is 11.5. The van der Waals surface area contributed by atoms with Gasteiger partial charge in [0, 0.05) is 11.4 Å². The molecule has 3 rings (SSSR count). The SMILES string of the molecule is CC(C)NCc1nnc(-c2ccc3ccccc3n2)o1. The third-order valence-electron chi connectivity index (χ3n) is 2.95. The van der Waals surface area contributed by atoms with Gasteiger partial charge >= 0.3 is 0 Å². The van der Waals surface area contributed by atoms with Gasteiger partial charge in [0.25, 0.3) is 5.89 Å². The van der Waals surface area contributed by atoms with E-state index in [0.717, 1.165) is 10.9 Å². The number of hydrogen-bond acceptors (Lipinski definition) is 5. The highest BCUT2D eigenvalue weighted by Gasteiger charge is 2.10. The number of fused-ring (bicyclic) bond motifs is 1. The Morgan fingerprint density at radius 2 is 1.95 bits per heavy atom. The largest absolute Gasteiger partial charge is 0.418 e. The molecule has 0 aliphatic rings. The molecule has 1 N–H and O–H groups in total. The maximum atomic E-state index is 5.62. The molecule has 0 saturated carbocycles. The molecule has 0 aliphatic carbocycles. The van der Waals surface area contributed by atoms with Gasteiger partial charge in [-0.2, -0.15) is 0 Å². The molecule has 102 valence electrons. The fourth-order valence-corrected chi connectivity index (χ4v) is 1.91. The predicted octanol–water partition coefficient (Wildman–Crippen LogP) is 2.78. The number of aromatic nitrogens is 3. The molecule has 5 nitrogen and oxygen atoms in total. The average molecular weight is 268 g/mol. The molecule has 3 aromatic rings. The van der Waals surface area contributed by atoms with Crippen molar-refractivity contribution in [3.05, 3.63) is 42.3 Å². The van der Waals surface area contributed by atoms with Crippen LogP contribution in [0.2, 0.25) is 0 Å². The van der Waals surface area contributed by atoms with Crippen LogP contribution >= 0.6 is 0 Å². The van der Waals surface area contributed by atoms with E-state index in [-0.39, 0.29) is 0 Å². The Bertz CT molecular complexity index is 720. The Hall–Kier alpha value is -2.27. The van der Waals surface area contributed by atoms with E-state index in [1.807, 2.05) is 36.4 Å². The highest BCUT2D eigenvalue weighted by molar-refractivity contribution is 5.80. The highest BCUT2D eigenvalue weighted by Crippen LogP contribution is 2.19. The van der Waals surface area contributed by atoms with Crippen molar-refractivity contribution in [1.82, 2.24) is 20.5 Å². The van der Waals surface area contributed by atoms with Gasteiger partial charge in [-0.1, -0.05) is 38.1 Å². The predicted molar refractivity (Wildman–Crippen MR) is 77.0 cm³/mol. The maximum absolute atomic E-state index is 5.62. The fourth-order valence-electron chi connectivity index (χ4n) is 1.91. The number of nitrogens with zero attached hydrogens (tertiary/aromatic N) is 3. The molecule has 0 bridgehead atoms. The summed E-state index contributed by atoms with van der Waals surface area (Å²) in [6, 6.07) is 12.2. The zero-order chi connectivity index (χ0) is 13.9. The van der Waals surface area contributed by atoms with Crippen molar-refractivity contribution in [3.8, 4) is 11.6 Å². The molecule has 0 amide bonds. The van der Waals surface area contributed by atoms with Crippen LogP contribution in [0, 0.1) is 0 Å². The van der Waals surface area contributed by atoms with E-state index in [9.17, 15) is 0 Å². The van der Waals surface area contributed by atoms with Gasteiger partial charge in [-0.3, -0.25) is 0 Å². The quantitative estimate of drug-likeness (QED) is 0.788. The lowest BCUT2D eigenvalue weighted by atomic mass is 10.2. The number of pyridine rings is 1. The van der Waals surface area contributed by atoms with Crippen LogP contribution < -0.4 is 5.32 Å². The summed E-state index contributed by atoms with van der Waals surface area (Å²) in [4.78, 5) is 4.54. The normalized spacial score (nSPS) is 11.3. The summed E-state index contributed by atoms with van der Waals surface area (Å²) in [5, 5.41) is 12.4. The Morgan fingerprint density at radius 1 is 1.10 bits per heavy atom. The molecular formula is C15H16N4O. The zero-order valence-electron chi connectivity index (χ0n) is 11.5. The summed E-state index contributed by atoms with van der Waals surface area (Å²) in [6.45, 7) is 4.71. The van der Waals surface area contributed by atoms with Crippen LogP contribution in [0.3, 0.4) is 0 Å². The van der Waals surface area contributed by atoms with Crippen LogP contribution in [0.5, 0.6) is 0 Å². The van der Waals surface area contributed by atoms with Crippen LogP contribution in [0.15, 0.2) is 40.8 Å². The van der Waals surface area contributed by atoms with E-state index in [1.54, 1.807) is 0 Å². The summed E-state index contributed by atoms with van der Waals surface area (Å²) >= 11 is 0. The fraction of sp³-hybridized carbons (Fsp3) is 0.267. The summed E-state index contributed by atoms with van der Waals surface area (Å²) in [6.07, 6.45) is 0. The van der Waals surface area contributed by atoms with E-state index in [2.05, 4.69) is 34.3 Å². The average Bonchev–Trinajstić information content (AvgIpc) is 2.93. The second-order valence-corrected chi connectivity index (χ2v) is 4.93. The summed E-state index contributed by atoms with van der Waals surface area (Å²) < 4.78 is 5.62. The minimum Gasteiger partial charge on any atom is -0.418 e. The first-order chi connectivity index (χ1) is 9.72. The van der Waals surface area contributed by atoms with Crippen LogP contribution in [0.4, 0.5) is 0 Å². The van der Waals surface area contributed by atoms with E-state index >= 15 is 0 Å². The second kappa shape index (κ2) is 5.38. The molecule has 20 heavy (non-hydrogen) atoms. The second-order valence-electron chi connectivity index (χ2n) is 4.93. The number of nitrogens with one attached hydrogen (secondary N) is 1. The standard InChI is InChI=1S/C15H16N4O/c1-10(2)16-9-14-18-19-15(20-14)13-8-7-11-5-3-4-6-12(11)17-13/h3-8,10,16H,9H2,1-2H3. The third-order valence-corrected chi connectivity index (χ3v) is 2.95. The maximum Gasteiger partial charge on any atom is 0.266 e. The molecule has 0 unspecified atom stereocenters. The topological polar surface area (TPSA) is 63.8 Å². The number of rotatable bonds is 4. The van der Waals surface area contributed by atoms with E-state index in [4.69, 9.17) is 4.42 Å². The summed E-state index contributed by atoms with van der Waals surface area (Å²) in [5.74, 6) is 1.03. The van der Waals surface area contributed by atoms with Crippen LogP contribution in [-0.4, -0.2) is 21.2 Å². The van der Waals surface area contributed by atoms with Gasteiger partial charge in [0.15, 0.2) is 0 Å². The molecule has 0 fully saturated rings. The molecule has 0 radical (unpaired) electrons. The molecule has 1 aromatic carbocycles. The van der Waals surface area contributed by atoms with Gasteiger partial charge in [-0.25, -0.2) is 4.98 Å². The minimum absolute atomic E-state index is 0.379. The van der Waals surface area contributed by atoms with Gasteiger partial charge in [-0.05, 0) is 12.1 Å². The van der Waals surface area contributed by atoms with Crippen molar-refractivity contribution in [3.63, 3.8) is 0 Å². The van der Waals surface area contributed by atoms with Gasteiger partial charge < -0.3 is 9.73 Å². The van der Waals surface area contributed by atoms with Crippen molar-refractivity contribution in [2.45, 2.75) is 26.4 Å². The summed E-state index contributed by atoms with van der Waals surface area (Å²) in [5.41, 5.74) is 1.62. The Labute approximate surface area is 117 Å². The van der Waals surface area contributed by atoms with Crippen LogP contribution in [0.25, 0.3) is 22.5 Å². The van der Waals surface area contributed by atoms with Gasteiger partial charge in [0.1, 0.15) is 5.69 Å². The number of benzene rings is 1. The lowest BCUT2D eigenvalue weighted by Gasteiger charge is -2.03. The smallest absolute Gasteiger partial charge is 0.266 e. The molecule has 0 saturated heterocycles. The van der Waals surface area contributed by atoms with Crippen LogP contribution in [-0.2, 0) is 6.54 Å². The van der Waals surface area contributed by atoms with Crippen molar-refractivity contribution in [2.75, 3.05) is 0 Å². The van der Waals surface area contributed by atoms with Crippen molar-refractivity contribution in [2.24, 2.45) is 0 Å². The van der Waals surface area contributed by atoms with E-state index < -0.39 is 0 Å². The Morgan fingerprint density at radius 3 is 2.80 bits per heavy atom. The van der Waals surface area contributed by atoms with Gasteiger partial charge in [0.05, 0.1) is 12.1 Å². The number of hydrogen-bond donors (Lipinski definition) is 1. The lowest BCUT2D eigenvalue weighted by molar-refractivity contribution is 0.458. The third kappa shape index (κ3) is 2.67. The van der Waals surface area contributed by atoms with Gasteiger partial charge in [-0.15, -0.1) is 10.2 Å². The minimum atomic E-state index is 0.379. The molecule has 2 aromatic heterocycles. The molecule has 5 heteroatoms. The van der Waals surface area contributed by atoms with Crippen LogP contribution in [0.1, 0.15) is 19.7 Å². The monoisotopic (exact) mass is 268 g/mol. The first kappa shape index (κ1) is 12.7. The molecule has 0 atom stereocenters. The highest BCUT2D eigenvalue weighted by atomic mass is 16.4. The van der Waals surface area contributed by atoms with Gasteiger partial charge in [0.2, 0.25) is 5.89 Å². The summed E-state index contributed by atoms with van der Waals surface area (Å²) in [7, 11) is 0. The van der Waals surface area contributed by atoms with Crippen molar-refractivity contribution in [1.29, 1.82) is 0 Å². The molecular weight excluding hydrogens is 252 g/mol. The molecule has 0 spiro atoms. The molecule has 2 heterocycles. The first-order valence-electron chi connectivity index (χ1n) is 6.64. The van der Waals surface area contributed by atoms with E-state index in [0.29, 0.717) is 30.1 Å². The lowest BCUT2D eigenvalue weighted by Crippen LogP contribution is -2.21.